The van der Waals surface area contributed by atoms with Crippen molar-refractivity contribution in [3.05, 3.63) is 44.7 Å². The van der Waals surface area contributed by atoms with Crippen LogP contribution in [0.15, 0.2) is 27.9 Å². The van der Waals surface area contributed by atoms with Crippen LogP contribution >= 0.6 is 11.6 Å². The van der Waals surface area contributed by atoms with Gasteiger partial charge in [-0.2, -0.15) is 0 Å². The maximum absolute atomic E-state index is 13.6. The Bertz CT molecular complexity index is 1310. The molecule has 1 aliphatic heterocycles. The number of nitrogens with zero attached hydrogens (tertiary/aromatic N) is 1. The van der Waals surface area contributed by atoms with Crippen LogP contribution in [0.25, 0.3) is 11.3 Å². The van der Waals surface area contributed by atoms with E-state index in [-0.39, 0.29) is 27.3 Å². The van der Waals surface area contributed by atoms with Crippen molar-refractivity contribution in [3.63, 3.8) is 0 Å². The second-order valence-electron chi connectivity index (χ2n) is 9.09. The summed E-state index contributed by atoms with van der Waals surface area (Å²) in [7, 11) is -3.84. The molecule has 1 saturated carbocycles. The minimum Gasteiger partial charge on any atom is -0.492 e. The molecule has 2 aliphatic rings. The van der Waals surface area contributed by atoms with E-state index >= 15 is 0 Å². The molecule has 1 fully saturated rings. The molecule has 0 spiro atoms. The van der Waals surface area contributed by atoms with Crippen LogP contribution in [0.1, 0.15) is 74.2 Å². The molecule has 2 aromatic rings. The van der Waals surface area contributed by atoms with Gasteiger partial charge in [-0.15, -0.1) is 0 Å². The molecule has 1 aromatic carbocycles. The molecule has 0 saturated heterocycles. The van der Waals surface area contributed by atoms with E-state index in [0.29, 0.717) is 43.1 Å². The maximum Gasteiger partial charge on any atom is 0.344 e. The van der Waals surface area contributed by atoms with Gasteiger partial charge < -0.3 is 18.8 Å². The summed E-state index contributed by atoms with van der Waals surface area (Å²) < 4.78 is 45.0. The fraction of sp³-hybridized carbons (Fsp3) is 0.520. The average molecular weight is 524 g/mol. The highest BCUT2D eigenvalue weighted by molar-refractivity contribution is 7.92. The lowest BCUT2D eigenvalue weighted by atomic mass is 9.99. The molecule has 0 bridgehead atoms. The van der Waals surface area contributed by atoms with Gasteiger partial charge in [0.2, 0.25) is 0 Å². The van der Waals surface area contributed by atoms with Crippen LogP contribution in [0.5, 0.6) is 5.75 Å². The lowest BCUT2D eigenvalue weighted by Crippen LogP contribution is -2.33. The van der Waals surface area contributed by atoms with Crippen molar-refractivity contribution in [2.45, 2.75) is 69.2 Å². The summed E-state index contributed by atoms with van der Waals surface area (Å²) in [6, 6.07) is 4.24. The number of hydrogen-bond acceptors (Lipinski definition) is 7. The summed E-state index contributed by atoms with van der Waals surface area (Å²) >= 11 is 6.51. The van der Waals surface area contributed by atoms with E-state index in [1.54, 1.807) is 31.4 Å². The van der Waals surface area contributed by atoms with Crippen molar-refractivity contribution in [2.75, 3.05) is 19.8 Å². The predicted octanol–water partition coefficient (Wildman–Crippen LogP) is 4.72. The number of esters is 1. The van der Waals surface area contributed by atoms with Gasteiger partial charge in [0, 0.05) is 37.3 Å². The van der Waals surface area contributed by atoms with Gasteiger partial charge in [0.15, 0.2) is 9.84 Å². The van der Waals surface area contributed by atoms with Gasteiger partial charge in [-0.05, 0) is 58.2 Å². The van der Waals surface area contributed by atoms with Crippen LogP contribution in [0.3, 0.4) is 0 Å². The summed E-state index contributed by atoms with van der Waals surface area (Å²) in [4.78, 5) is 26.2. The molecule has 1 atom stereocenters. The summed E-state index contributed by atoms with van der Waals surface area (Å²) in [5.74, 6) is -0.495. The number of aromatic nitrogens is 1. The Labute approximate surface area is 210 Å². The summed E-state index contributed by atoms with van der Waals surface area (Å²) in [6.07, 6.45) is 1.74. The molecular formula is C25H30ClNO7S. The fourth-order valence-corrected chi connectivity index (χ4v) is 6.11. The van der Waals surface area contributed by atoms with Gasteiger partial charge in [-0.1, -0.05) is 11.6 Å². The van der Waals surface area contributed by atoms with Crippen LogP contribution in [-0.2, 0) is 19.3 Å². The van der Waals surface area contributed by atoms with Crippen molar-refractivity contribution >= 4 is 27.4 Å². The van der Waals surface area contributed by atoms with Gasteiger partial charge in [0.1, 0.15) is 11.3 Å². The van der Waals surface area contributed by atoms with Crippen LogP contribution in [0.2, 0.25) is 5.02 Å². The number of hydrogen-bond donors (Lipinski definition) is 0. The molecule has 10 heteroatoms. The molecule has 0 N–H and O–H groups in total. The highest BCUT2D eigenvalue weighted by atomic mass is 35.5. The molecular weight excluding hydrogens is 494 g/mol. The van der Waals surface area contributed by atoms with E-state index in [1.165, 1.54) is 12.1 Å². The number of ether oxygens (including phenoxy) is 3. The lowest BCUT2D eigenvalue weighted by molar-refractivity contribution is 0.0375. The maximum atomic E-state index is 13.6. The van der Waals surface area contributed by atoms with Gasteiger partial charge in [0.25, 0.3) is 5.56 Å². The third kappa shape index (κ3) is 4.86. The van der Waals surface area contributed by atoms with Gasteiger partial charge >= 0.3 is 5.97 Å². The highest BCUT2D eigenvalue weighted by Gasteiger charge is 2.41. The minimum atomic E-state index is -3.84. The molecule has 4 rings (SSSR count). The van der Waals surface area contributed by atoms with Gasteiger partial charge in [0.05, 0.1) is 33.6 Å². The molecule has 8 nitrogen and oxygen atoms in total. The van der Waals surface area contributed by atoms with E-state index < -0.39 is 32.7 Å². The van der Waals surface area contributed by atoms with Crippen molar-refractivity contribution < 1.29 is 27.4 Å². The Kier molecular flexibility index (Phi) is 7.31. The van der Waals surface area contributed by atoms with E-state index in [9.17, 15) is 18.0 Å². The molecule has 35 heavy (non-hydrogen) atoms. The first-order valence-corrected chi connectivity index (χ1v) is 13.8. The third-order valence-electron chi connectivity index (χ3n) is 6.13. The van der Waals surface area contributed by atoms with Crippen LogP contribution in [0.4, 0.5) is 0 Å². The number of sulfone groups is 1. The second kappa shape index (κ2) is 9.95. The zero-order chi connectivity index (χ0) is 25.5. The molecule has 1 aliphatic carbocycles. The number of pyridine rings is 1. The molecule has 0 radical (unpaired) electrons. The minimum absolute atomic E-state index is 0.0630. The quantitative estimate of drug-likeness (QED) is 0.346. The Balaban J connectivity index is 1.86. The number of carbonyl (C=O) groups excluding carboxylic acids is 1. The van der Waals surface area contributed by atoms with E-state index in [0.717, 1.165) is 12.8 Å². The summed E-state index contributed by atoms with van der Waals surface area (Å²) in [5, 5.41) is -0.734. The number of halogens is 1. The highest BCUT2D eigenvalue weighted by Crippen LogP contribution is 2.49. The Morgan fingerprint density at radius 2 is 1.91 bits per heavy atom. The molecule has 190 valence electrons. The largest absolute Gasteiger partial charge is 0.492 e. The Morgan fingerprint density at radius 1 is 1.20 bits per heavy atom. The van der Waals surface area contributed by atoms with Crippen molar-refractivity contribution in [2.24, 2.45) is 0 Å². The zero-order valence-electron chi connectivity index (χ0n) is 20.3. The number of carbonyl (C=O) groups is 1. The standard InChI is InChI=1S/C25H30ClNO7S/c1-5-32-9-6-10-33-21-13-22-18(12-20(21)26)23-17(15(4)35(22,30)31)11-19(25(29)34-14(2)3)24(28)27(23)16-7-8-16/h11-16H,5-10H2,1-4H3. The van der Waals surface area contributed by atoms with E-state index in [2.05, 4.69) is 0 Å². The van der Waals surface area contributed by atoms with Crippen LogP contribution in [-0.4, -0.2) is 44.9 Å². The third-order valence-corrected chi connectivity index (χ3v) is 8.56. The first-order chi connectivity index (χ1) is 16.6. The fourth-order valence-electron chi connectivity index (χ4n) is 4.27. The van der Waals surface area contributed by atoms with Crippen molar-refractivity contribution in [1.82, 2.24) is 4.57 Å². The normalized spacial score (nSPS) is 18.2. The van der Waals surface area contributed by atoms with E-state index in [4.69, 9.17) is 25.8 Å². The van der Waals surface area contributed by atoms with Crippen LogP contribution in [0, 0.1) is 0 Å². The summed E-state index contributed by atoms with van der Waals surface area (Å²) in [6.45, 7) is 8.30. The average Bonchev–Trinajstić information content (AvgIpc) is 3.62. The van der Waals surface area contributed by atoms with Gasteiger partial charge in [-0.25, -0.2) is 13.2 Å². The SMILES string of the molecule is CCOCCCOc1cc2c(cc1Cl)-c1c(cc(C(=O)OC(C)C)c(=O)n1C1CC1)C(C)S2(=O)=O. The van der Waals surface area contributed by atoms with Gasteiger partial charge in [-0.3, -0.25) is 4.79 Å². The predicted molar refractivity (Wildman–Crippen MR) is 132 cm³/mol. The topological polar surface area (TPSA) is 101 Å². The number of rotatable bonds is 9. The number of benzene rings is 1. The van der Waals surface area contributed by atoms with Crippen LogP contribution < -0.4 is 10.3 Å². The molecule has 0 amide bonds. The molecule has 1 unspecified atom stereocenters. The monoisotopic (exact) mass is 523 g/mol. The van der Waals surface area contributed by atoms with Crippen molar-refractivity contribution in [3.8, 4) is 17.0 Å². The smallest absolute Gasteiger partial charge is 0.344 e. The Morgan fingerprint density at radius 3 is 2.54 bits per heavy atom. The lowest BCUT2D eigenvalue weighted by Gasteiger charge is -2.29. The second-order valence-corrected chi connectivity index (χ2v) is 11.7. The first-order valence-electron chi connectivity index (χ1n) is 11.9. The number of fused-ring (bicyclic) bond motifs is 3. The Hall–Kier alpha value is -2.36. The van der Waals surface area contributed by atoms with E-state index in [1.807, 2.05) is 6.92 Å². The summed E-state index contributed by atoms with van der Waals surface area (Å²) in [5.41, 5.74) is 0.580. The van der Waals surface area contributed by atoms with Crippen molar-refractivity contribution in [1.29, 1.82) is 0 Å². The molecule has 1 aromatic heterocycles. The zero-order valence-corrected chi connectivity index (χ0v) is 21.9. The first kappa shape index (κ1) is 25.7. The molecule has 2 heterocycles.